The quantitative estimate of drug-likeness (QED) is 0.0298. The fourth-order valence-corrected chi connectivity index (χ4v) is 5.97. The Bertz CT molecular complexity index is 1780. The minimum Gasteiger partial charge on any atom is -0.481 e. The Labute approximate surface area is 387 Å². The Morgan fingerprint density at radius 2 is 0.925 bits per heavy atom. The lowest BCUT2D eigenvalue weighted by Crippen LogP contribution is -2.61. The summed E-state index contributed by atoms with van der Waals surface area (Å²) in [6.07, 6.45) is -3.95. The summed E-state index contributed by atoms with van der Waals surface area (Å²) < 4.78 is 0. The molecule has 0 rings (SSSR count). The van der Waals surface area contributed by atoms with Gasteiger partial charge in [0.05, 0.1) is 25.3 Å². The number of carboxylic acids is 2. The van der Waals surface area contributed by atoms with Crippen molar-refractivity contribution < 1.29 is 78.0 Å². The molecule has 0 fully saturated rings. The predicted octanol–water partition coefficient (Wildman–Crippen LogP) is -5.96. The van der Waals surface area contributed by atoms with E-state index in [0.717, 1.165) is 0 Å². The number of nitrogens with one attached hydrogen (secondary N) is 8. The number of hydrogen-bond donors (Lipinski definition) is 15. The molecule has 0 aromatic rings. The second-order valence-electron chi connectivity index (χ2n) is 16.9. The summed E-state index contributed by atoms with van der Waals surface area (Å²) in [6.45, 7) is 8.91. The molecule has 0 saturated heterocycles. The number of hydrogen-bond acceptors (Lipinski definition) is 15. The molecule has 27 heteroatoms. The summed E-state index contributed by atoms with van der Waals surface area (Å²) >= 11 is 0. The maximum atomic E-state index is 13.6. The lowest BCUT2D eigenvalue weighted by atomic mass is 10.0. The summed E-state index contributed by atoms with van der Waals surface area (Å²) in [5, 5.41) is 56.8. The van der Waals surface area contributed by atoms with Crippen LogP contribution in [0.2, 0.25) is 0 Å². The molecule has 10 amide bonds. The highest BCUT2D eigenvalue weighted by atomic mass is 16.4. The van der Waals surface area contributed by atoms with Gasteiger partial charge in [-0.25, -0.2) is 0 Å². The molecule has 0 heterocycles. The normalized spacial score (nSPS) is 15.2. The van der Waals surface area contributed by atoms with Gasteiger partial charge in [0.25, 0.3) is 0 Å². The molecule has 67 heavy (non-hydrogen) atoms. The zero-order valence-corrected chi connectivity index (χ0v) is 38.7. The van der Waals surface area contributed by atoms with Crippen molar-refractivity contribution in [2.75, 3.05) is 13.2 Å². The van der Waals surface area contributed by atoms with Gasteiger partial charge >= 0.3 is 11.9 Å². The van der Waals surface area contributed by atoms with Crippen LogP contribution in [0.1, 0.15) is 93.4 Å². The number of rotatable bonds is 32. The van der Waals surface area contributed by atoms with Crippen LogP contribution in [0.4, 0.5) is 0 Å². The fourth-order valence-electron chi connectivity index (χ4n) is 5.97. The zero-order chi connectivity index (χ0) is 51.9. The third-order valence-electron chi connectivity index (χ3n) is 9.78. The van der Waals surface area contributed by atoms with Crippen molar-refractivity contribution in [3.8, 4) is 0 Å². The zero-order valence-electron chi connectivity index (χ0n) is 38.7. The number of carbonyl (C=O) groups excluding carboxylic acids is 10. The molecule has 0 aliphatic heterocycles. The van der Waals surface area contributed by atoms with Crippen LogP contribution < -0.4 is 59.7 Å². The molecular formula is C40H69N11O16. The van der Waals surface area contributed by atoms with Crippen molar-refractivity contribution >= 4 is 71.0 Å². The standard InChI is InChI=1S/C40H69N11O16/c1-17(2)14-24(36(63)45-22(33(43)60)10-13-29(58)59)47-35(62)23(9-11-26(42)54)46-37(64)25(16-52)48-39(66)31(19(5)6)49-27(55)15-44-38(65)30(18(3)4)50-40(67)32(20(7)53)51-34(61)21(41)8-12-28(56)57/h17-25,30-32,52-53H,8-16,41H2,1-7H3,(H2,42,54)(H2,43,60)(H,44,65)(H,45,63)(H,46,64)(H,47,62)(H,48,66)(H,49,55)(H,50,67)(H,51,61)(H,56,57)(H,58,59)/t20-,21+,22+,23+,24+,25+,30+,31+,32+/m1/s1. The van der Waals surface area contributed by atoms with E-state index >= 15 is 0 Å². The highest BCUT2D eigenvalue weighted by Crippen LogP contribution is 2.10. The van der Waals surface area contributed by atoms with Crippen molar-refractivity contribution in [1.29, 1.82) is 0 Å². The molecule has 0 aromatic carbocycles. The van der Waals surface area contributed by atoms with Gasteiger partial charge in [-0.3, -0.25) is 57.5 Å². The molecule has 0 spiro atoms. The number of aliphatic hydroxyl groups excluding tert-OH is 2. The van der Waals surface area contributed by atoms with Gasteiger partial charge in [-0.15, -0.1) is 0 Å². The molecular weight excluding hydrogens is 891 g/mol. The van der Waals surface area contributed by atoms with E-state index in [1.807, 2.05) is 0 Å². The number of carbonyl (C=O) groups is 12. The minimum absolute atomic E-state index is 0.0181. The summed E-state index contributed by atoms with van der Waals surface area (Å²) in [5.74, 6) is -13.7. The Morgan fingerprint density at radius 1 is 0.493 bits per heavy atom. The van der Waals surface area contributed by atoms with E-state index in [1.165, 1.54) is 20.8 Å². The number of amides is 10. The van der Waals surface area contributed by atoms with Crippen LogP contribution in [0.25, 0.3) is 0 Å². The molecule has 18 N–H and O–H groups in total. The van der Waals surface area contributed by atoms with E-state index < -0.39 is 176 Å². The maximum Gasteiger partial charge on any atom is 0.303 e. The lowest BCUT2D eigenvalue weighted by molar-refractivity contribution is -0.139. The van der Waals surface area contributed by atoms with E-state index in [9.17, 15) is 67.7 Å². The molecule has 0 unspecified atom stereocenters. The van der Waals surface area contributed by atoms with Crippen LogP contribution in [-0.2, 0) is 57.5 Å². The van der Waals surface area contributed by atoms with Gasteiger partial charge in [0, 0.05) is 19.3 Å². The highest BCUT2D eigenvalue weighted by Gasteiger charge is 2.35. The van der Waals surface area contributed by atoms with Crippen molar-refractivity contribution in [3.05, 3.63) is 0 Å². The van der Waals surface area contributed by atoms with Gasteiger partial charge < -0.3 is 80.2 Å². The smallest absolute Gasteiger partial charge is 0.303 e. The summed E-state index contributed by atoms with van der Waals surface area (Å²) in [6, 6.07) is -11.8. The maximum absolute atomic E-state index is 13.6. The van der Waals surface area contributed by atoms with Crippen LogP contribution in [-0.4, -0.2) is 159 Å². The van der Waals surface area contributed by atoms with Gasteiger partial charge in [-0.05, 0) is 50.4 Å². The van der Waals surface area contributed by atoms with Crippen LogP contribution in [0.15, 0.2) is 0 Å². The van der Waals surface area contributed by atoms with Gasteiger partial charge in [0.1, 0.15) is 42.3 Å². The first-order valence-electron chi connectivity index (χ1n) is 21.5. The van der Waals surface area contributed by atoms with Crippen LogP contribution in [0.5, 0.6) is 0 Å². The molecule has 380 valence electrons. The SMILES string of the molecule is CC(C)C[C@H](NC(=O)[C@H](CCC(N)=O)NC(=O)[C@H](CO)NC(=O)[C@@H](NC(=O)CNC(=O)[C@@H](NC(=O)[C@@H](NC(=O)[C@@H](N)CCC(=O)O)[C@@H](C)O)C(C)C)C(C)C)C(=O)N[C@@H](CCC(=O)O)C(N)=O. The van der Waals surface area contributed by atoms with Crippen molar-refractivity contribution in [3.63, 3.8) is 0 Å². The van der Waals surface area contributed by atoms with E-state index in [0.29, 0.717) is 0 Å². The second-order valence-corrected chi connectivity index (χ2v) is 16.9. The van der Waals surface area contributed by atoms with Crippen LogP contribution in [0.3, 0.4) is 0 Å². The molecule has 27 nitrogen and oxygen atoms in total. The number of aliphatic carboxylic acids is 2. The molecule has 0 bridgehead atoms. The first-order valence-corrected chi connectivity index (χ1v) is 21.5. The van der Waals surface area contributed by atoms with Gasteiger partial charge in [-0.2, -0.15) is 0 Å². The van der Waals surface area contributed by atoms with Crippen molar-refractivity contribution in [2.45, 2.75) is 148 Å². The Balaban J connectivity index is 5.95. The number of carboxylic acid groups (broad SMARTS) is 2. The Hall–Kier alpha value is -6.48. The predicted molar refractivity (Wildman–Crippen MR) is 234 cm³/mol. The summed E-state index contributed by atoms with van der Waals surface area (Å²) in [4.78, 5) is 151. The summed E-state index contributed by atoms with van der Waals surface area (Å²) in [7, 11) is 0. The third kappa shape index (κ3) is 23.5. The first kappa shape index (κ1) is 60.5. The highest BCUT2D eigenvalue weighted by molar-refractivity contribution is 5.98. The van der Waals surface area contributed by atoms with Crippen molar-refractivity contribution in [1.82, 2.24) is 42.5 Å². The van der Waals surface area contributed by atoms with E-state index in [4.69, 9.17) is 27.4 Å². The second kappa shape index (κ2) is 29.9. The molecule has 0 radical (unpaired) electrons. The van der Waals surface area contributed by atoms with Gasteiger partial charge in [0.2, 0.25) is 59.1 Å². The molecule has 0 aliphatic rings. The van der Waals surface area contributed by atoms with Gasteiger partial charge in [-0.1, -0.05) is 41.5 Å². The number of nitrogens with two attached hydrogens (primary N) is 3. The average molecular weight is 960 g/mol. The van der Waals surface area contributed by atoms with Gasteiger partial charge in [0.15, 0.2) is 0 Å². The first-order chi connectivity index (χ1) is 31.0. The summed E-state index contributed by atoms with van der Waals surface area (Å²) in [5.41, 5.74) is 16.3. The van der Waals surface area contributed by atoms with Crippen LogP contribution in [0, 0.1) is 17.8 Å². The molecule has 9 atom stereocenters. The lowest BCUT2D eigenvalue weighted by Gasteiger charge is -2.28. The van der Waals surface area contributed by atoms with E-state index in [2.05, 4.69) is 42.5 Å². The Kier molecular flexibility index (Phi) is 27.0. The molecule has 0 aliphatic carbocycles. The Morgan fingerprint density at radius 3 is 1.40 bits per heavy atom. The third-order valence-corrected chi connectivity index (χ3v) is 9.78. The molecule has 0 aromatic heterocycles. The van der Waals surface area contributed by atoms with Crippen LogP contribution >= 0.6 is 0 Å². The van der Waals surface area contributed by atoms with Crippen molar-refractivity contribution in [2.24, 2.45) is 35.0 Å². The number of aliphatic hydroxyl groups is 2. The largest absolute Gasteiger partial charge is 0.481 e. The monoisotopic (exact) mass is 959 g/mol. The fraction of sp³-hybridized carbons (Fsp3) is 0.700. The van der Waals surface area contributed by atoms with E-state index in [1.54, 1.807) is 27.7 Å². The topological polar surface area (TPSA) is 460 Å². The average Bonchev–Trinajstić information content (AvgIpc) is 3.22. The van der Waals surface area contributed by atoms with E-state index in [-0.39, 0.29) is 25.2 Å². The molecule has 0 saturated carbocycles. The minimum atomic E-state index is -1.76. The number of primary amides is 2.